The molecule has 0 bridgehead atoms. The highest BCUT2D eigenvalue weighted by Crippen LogP contribution is 2.34. The van der Waals surface area contributed by atoms with Gasteiger partial charge in [-0.15, -0.1) is 0 Å². The minimum absolute atomic E-state index is 0.107. The van der Waals surface area contributed by atoms with Crippen LogP contribution < -0.4 is 19.1 Å². The molecule has 1 N–H and O–H groups in total. The van der Waals surface area contributed by atoms with Gasteiger partial charge >= 0.3 is 0 Å². The van der Waals surface area contributed by atoms with Crippen molar-refractivity contribution in [1.82, 2.24) is 10.2 Å². The summed E-state index contributed by atoms with van der Waals surface area (Å²) < 4.78 is 37.8. The van der Waals surface area contributed by atoms with Crippen molar-refractivity contribution in [3.63, 3.8) is 0 Å². The fourth-order valence-corrected chi connectivity index (χ4v) is 5.59. The molecule has 1 atom stereocenters. The van der Waals surface area contributed by atoms with E-state index < -0.39 is 28.5 Å². The molecule has 0 aromatic heterocycles. The molecule has 1 aliphatic heterocycles. The lowest BCUT2D eigenvalue weighted by Crippen LogP contribution is -2.52. The summed E-state index contributed by atoms with van der Waals surface area (Å²) in [6.45, 7) is 4.13. The molecule has 2 amide bonds. The first-order valence-electron chi connectivity index (χ1n) is 12.6. The van der Waals surface area contributed by atoms with Gasteiger partial charge in [-0.3, -0.25) is 13.9 Å². The lowest BCUT2D eigenvalue weighted by molar-refractivity contribution is -0.139. The molecular weight excluding hydrogens is 494 g/mol. The maximum Gasteiger partial charge on any atom is 0.244 e. The molecule has 0 saturated heterocycles. The third-order valence-electron chi connectivity index (χ3n) is 6.96. The number of nitrogens with zero attached hydrogens (tertiary/aromatic N) is 2. The SMILES string of the molecule is Cc1ccccc1CN(C(=O)CN(c1ccc2c(c1)OCCO2)S(C)(=O)=O)[C@@H](C)C(=O)NC1CCCC1. The van der Waals surface area contributed by atoms with Crippen LogP contribution in [0.1, 0.15) is 43.7 Å². The number of aryl methyl sites for hydroxylation is 1. The van der Waals surface area contributed by atoms with Crippen molar-refractivity contribution in [2.75, 3.05) is 30.3 Å². The van der Waals surface area contributed by atoms with Crippen molar-refractivity contribution in [1.29, 1.82) is 0 Å². The number of sulfonamides is 1. The Morgan fingerprint density at radius 2 is 1.73 bits per heavy atom. The minimum atomic E-state index is -3.83. The largest absolute Gasteiger partial charge is 0.486 e. The molecule has 1 heterocycles. The molecule has 0 spiro atoms. The summed E-state index contributed by atoms with van der Waals surface area (Å²) in [5.74, 6) is 0.232. The quantitative estimate of drug-likeness (QED) is 0.536. The van der Waals surface area contributed by atoms with Crippen LogP contribution in [-0.4, -0.2) is 63.2 Å². The maximum atomic E-state index is 13.7. The highest BCUT2D eigenvalue weighted by molar-refractivity contribution is 7.92. The zero-order valence-corrected chi connectivity index (χ0v) is 22.4. The second-order valence-corrected chi connectivity index (χ2v) is 11.6. The molecule has 37 heavy (non-hydrogen) atoms. The summed E-state index contributed by atoms with van der Waals surface area (Å²) in [5.41, 5.74) is 2.16. The maximum absolute atomic E-state index is 13.7. The Hall–Kier alpha value is -3.27. The Bertz CT molecular complexity index is 1240. The summed E-state index contributed by atoms with van der Waals surface area (Å²) in [4.78, 5) is 28.4. The summed E-state index contributed by atoms with van der Waals surface area (Å²) >= 11 is 0. The first kappa shape index (κ1) is 26.8. The molecule has 10 heteroatoms. The normalized spacial score (nSPS) is 16.2. The molecule has 2 aromatic rings. The van der Waals surface area contributed by atoms with E-state index in [0.29, 0.717) is 30.4 Å². The minimum Gasteiger partial charge on any atom is -0.486 e. The topological polar surface area (TPSA) is 105 Å². The molecule has 0 radical (unpaired) electrons. The Kier molecular flexibility index (Phi) is 8.26. The molecular formula is C27H35N3O6S. The van der Waals surface area contributed by atoms with Crippen molar-refractivity contribution in [3.8, 4) is 11.5 Å². The summed E-state index contributed by atoms with van der Waals surface area (Å²) in [6, 6.07) is 11.8. The molecule has 2 aromatic carbocycles. The number of benzene rings is 2. The Morgan fingerprint density at radius 1 is 1.05 bits per heavy atom. The number of carbonyl (C=O) groups is 2. The van der Waals surface area contributed by atoms with Crippen LogP contribution in [0.2, 0.25) is 0 Å². The fourth-order valence-electron chi connectivity index (χ4n) is 4.75. The van der Waals surface area contributed by atoms with Crippen LogP contribution in [0.3, 0.4) is 0 Å². The number of rotatable bonds is 9. The average molecular weight is 530 g/mol. The second-order valence-electron chi connectivity index (χ2n) is 9.71. The van der Waals surface area contributed by atoms with Crippen molar-refractivity contribution in [2.24, 2.45) is 0 Å². The van der Waals surface area contributed by atoms with E-state index >= 15 is 0 Å². The predicted octanol–water partition coefficient (Wildman–Crippen LogP) is 3.01. The van der Waals surface area contributed by atoms with Gasteiger partial charge < -0.3 is 19.7 Å². The van der Waals surface area contributed by atoms with Crippen LogP contribution in [-0.2, 0) is 26.2 Å². The molecule has 1 aliphatic carbocycles. The summed E-state index contributed by atoms with van der Waals surface area (Å²) in [5, 5.41) is 3.07. The lowest BCUT2D eigenvalue weighted by Gasteiger charge is -2.32. The van der Waals surface area contributed by atoms with Gasteiger partial charge in [0.2, 0.25) is 21.8 Å². The van der Waals surface area contributed by atoms with Gasteiger partial charge in [0.15, 0.2) is 11.5 Å². The fraction of sp³-hybridized carbons (Fsp3) is 0.481. The van der Waals surface area contributed by atoms with Gasteiger partial charge in [-0.2, -0.15) is 0 Å². The van der Waals surface area contributed by atoms with Crippen LogP contribution in [0.25, 0.3) is 0 Å². The van der Waals surface area contributed by atoms with Gasteiger partial charge in [0.25, 0.3) is 0 Å². The third-order valence-corrected chi connectivity index (χ3v) is 8.10. The van der Waals surface area contributed by atoms with Gasteiger partial charge in [-0.05, 0) is 49.9 Å². The molecule has 2 aliphatic rings. The predicted molar refractivity (Wildman–Crippen MR) is 141 cm³/mol. The van der Waals surface area contributed by atoms with Crippen molar-refractivity contribution < 1.29 is 27.5 Å². The van der Waals surface area contributed by atoms with E-state index in [1.54, 1.807) is 25.1 Å². The van der Waals surface area contributed by atoms with Gasteiger partial charge in [0.1, 0.15) is 25.8 Å². The Balaban J connectivity index is 1.61. The zero-order chi connectivity index (χ0) is 26.6. The van der Waals surface area contributed by atoms with E-state index in [-0.39, 0.29) is 18.5 Å². The van der Waals surface area contributed by atoms with Gasteiger partial charge in [-0.25, -0.2) is 8.42 Å². The highest BCUT2D eigenvalue weighted by atomic mass is 32.2. The van der Waals surface area contributed by atoms with E-state index in [9.17, 15) is 18.0 Å². The molecule has 4 rings (SSSR count). The van der Waals surface area contributed by atoms with Gasteiger partial charge in [-0.1, -0.05) is 37.1 Å². The van der Waals surface area contributed by atoms with Crippen LogP contribution in [0.5, 0.6) is 11.5 Å². The first-order valence-corrected chi connectivity index (χ1v) is 14.5. The van der Waals surface area contributed by atoms with Crippen molar-refractivity contribution in [3.05, 3.63) is 53.6 Å². The third kappa shape index (κ3) is 6.54. The molecule has 9 nitrogen and oxygen atoms in total. The van der Waals surface area contributed by atoms with E-state index in [4.69, 9.17) is 9.47 Å². The number of carbonyl (C=O) groups excluding carboxylic acids is 2. The van der Waals surface area contributed by atoms with E-state index in [2.05, 4.69) is 5.32 Å². The average Bonchev–Trinajstić information content (AvgIpc) is 3.38. The van der Waals surface area contributed by atoms with Gasteiger partial charge in [0, 0.05) is 18.7 Å². The number of hydrogen-bond acceptors (Lipinski definition) is 6. The van der Waals surface area contributed by atoms with E-state index in [0.717, 1.165) is 47.4 Å². The monoisotopic (exact) mass is 529 g/mol. The Labute approximate surface area is 218 Å². The van der Waals surface area contributed by atoms with Crippen molar-refractivity contribution >= 4 is 27.5 Å². The molecule has 1 fully saturated rings. The first-order chi connectivity index (χ1) is 17.6. The number of anilines is 1. The zero-order valence-electron chi connectivity index (χ0n) is 21.6. The number of nitrogens with one attached hydrogen (secondary N) is 1. The summed E-state index contributed by atoms with van der Waals surface area (Å²) in [7, 11) is -3.83. The highest BCUT2D eigenvalue weighted by Gasteiger charge is 2.32. The van der Waals surface area contributed by atoms with Crippen LogP contribution in [0, 0.1) is 6.92 Å². The van der Waals surface area contributed by atoms with Crippen LogP contribution >= 0.6 is 0 Å². The number of hydrogen-bond donors (Lipinski definition) is 1. The standard InChI is InChI=1S/C27H35N3O6S/c1-19-8-4-5-9-21(19)17-29(20(2)27(32)28-22-10-6-7-11-22)26(31)18-30(37(3,33)34)23-12-13-24-25(16-23)36-15-14-35-24/h4-5,8-9,12-13,16,20,22H,6-7,10-11,14-15,17-18H2,1-3H3,(H,28,32)/t20-/m0/s1. The lowest BCUT2D eigenvalue weighted by atomic mass is 10.1. The van der Waals surface area contributed by atoms with E-state index in [1.165, 1.54) is 4.90 Å². The molecule has 0 unspecified atom stereocenters. The van der Waals surface area contributed by atoms with Crippen molar-refractivity contribution in [2.45, 2.75) is 58.2 Å². The van der Waals surface area contributed by atoms with Crippen LogP contribution in [0.4, 0.5) is 5.69 Å². The number of ether oxygens (including phenoxy) is 2. The molecule has 1 saturated carbocycles. The van der Waals surface area contributed by atoms with E-state index in [1.807, 2.05) is 31.2 Å². The number of fused-ring (bicyclic) bond motifs is 1. The second kappa shape index (κ2) is 11.4. The summed E-state index contributed by atoms with van der Waals surface area (Å²) in [6.07, 6.45) is 5.05. The Morgan fingerprint density at radius 3 is 2.41 bits per heavy atom. The van der Waals surface area contributed by atoms with Gasteiger partial charge in [0.05, 0.1) is 11.9 Å². The smallest absolute Gasteiger partial charge is 0.244 e. The van der Waals surface area contributed by atoms with Crippen LogP contribution in [0.15, 0.2) is 42.5 Å². The molecule has 200 valence electrons. The number of amides is 2.